The van der Waals surface area contributed by atoms with E-state index in [4.69, 9.17) is 0 Å². The van der Waals surface area contributed by atoms with Crippen molar-refractivity contribution in [3.8, 4) is 0 Å². The SMILES string of the molecule is O=C(C(SS(=O)(=O)c1ccccc1)=C1NCCCN1)c1ccc(F)cc1. The van der Waals surface area contributed by atoms with Crippen LogP contribution < -0.4 is 10.6 Å². The van der Waals surface area contributed by atoms with Gasteiger partial charge in [0.1, 0.15) is 16.5 Å². The summed E-state index contributed by atoms with van der Waals surface area (Å²) in [7, 11) is -3.29. The van der Waals surface area contributed by atoms with Crippen LogP contribution in [0.4, 0.5) is 4.39 Å². The Balaban J connectivity index is 1.99. The number of ketones is 1. The Morgan fingerprint density at radius 2 is 1.58 bits per heavy atom. The summed E-state index contributed by atoms with van der Waals surface area (Å²) in [5.41, 5.74) is 0.221. The Labute approximate surface area is 155 Å². The first-order valence-electron chi connectivity index (χ1n) is 7.99. The van der Waals surface area contributed by atoms with Gasteiger partial charge in [0.2, 0.25) is 14.7 Å². The van der Waals surface area contributed by atoms with E-state index in [1.807, 2.05) is 0 Å². The van der Waals surface area contributed by atoms with Gasteiger partial charge in [0.25, 0.3) is 0 Å². The summed E-state index contributed by atoms with van der Waals surface area (Å²) in [4.78, 5) is 13.1. The van der Waals surface area contributed by atoms with Gasteiger partial charge >= 0.3 is 0 Å². The molecule has 136 valence electrons. The highest BCUT2D eigenvalue weighted by atomic mass is 33.1. The highest BCUT2D eigenvalue weighted by molar-refractivity contribution is 8.73. The number of rotatable bonds is 5. The minimum absolute atomic E-state index is 0.0418. The van der Waals surface area contributed by atoms with Crippen molar-refractivity contribution in [3.63, 3.8) is 0 Å². The van der Waals surface area contributed by atoms with Crippen LogP contribution in [-0.2, 0) is 8.87 Å². The molecule has 0 bridgehead atoms. The molecule has 0 radical (unpaired) electrons. The molecule has 2 aromatic carbocycles. The summed E-state index contributed by atoms with van der Waals surface area (Å²) < 4.78 is 38.6. The lowest BCUT2D eigenvalue weighted by molar-refractivity contribution is 0.104. The van der Waals surface area contributed by atoms with E-state index in [0.29, 0.717) is 29.7 Å². The maximum absolute atomic E-state index is 13.1. The molecule has 0 spiro atoms. The highest BCUT2D eigenvalue weighted by Gasteiger charge is 2.27. The zero-order valence-corrected chi connectivity index (χ0v) is 15.4. The normalized spacial score (nSPS) is 14.3. The van der Waals surface area contributed by atoms with Gasteiger partial charge in [-0.2, -0.15) is 0 Å². The minimum Gasteiger partial charge on any atom is -0.371 e. The number of carbonyl (C=O) groups is 1. The average molecular weight is 392 g/mol. The molecule has 1 aliphatic heterocycles. The Bertz CT molecular complexity index is 919. The first kappa shape index (κ1) is 18.5. The second-order valence-electron chi connectivity index (χ2n) is 5.60. The molecule has 5 nitrogen and oxygen atoms in total. The lowest BCUT2D eigenvalue weighted by atomic mass is 10.1. The third-order valence-electron chi connectivity index (χ3n) is 3.72. The number of halogens is 1. The van der Waals surface area contributed by atoms with Gasteiger partial charge in [-0.3, -0.25) is 4.79 Å². The molecule has 1 fully saturated rings. The zero-order valence-electron chi connectivity index (χ0n) is 13.7. The van der Waals surface area contributed by atoms with Crippen LogP contribution in [0, 0.1) is 5.82 Å². The summed E-state index contributed by atoms with van der Waals surface area (Å²) in [5.74, 6) is -0.560. The molecule has 0 amide bonds. The molecular weight excluding hydrogens is 375 g/mol. The fourth-order valence-electron chi connectivity index (χ4n) is 2.41. The van der Waals surface area contributed by atoms with Gasteiger partial charge in [-0.1, -0.05) is 18.2 Å². The molecule has 0 unspecified atom stereocenters. The van der Waals surface area contributed by atoms with E-state index in [1.165, 1.54) is 36.4 Å². The summed E-state index contributed by atoms with van der Waals surface area (Å²) in [6, 6.07) is 13.0. The molecule has 3 rings (SSSR count). The number of carbonyl (C=O) groups excluding carboxylic acids is 1. The Morgan fingerprint density at radius 3 is 2.19 bits per heavy atom. The van der Waals surface area contributed by atoms with Gasteiger partial charge in [-0.15, -0.1) is 0 Å². The van der Waals surface area contributed by atoms with Crippen molar-refractivity contribution in [1.29, 1.82) is 0 Å². The second kappa shape index (κ2) is 7.92. The summed E-state index contributed by atoms with van der Waals surface area (Å²) >= 11 is 0. The Kier molecular flexibility index (Phi) is 5.63. The van der Waals surface area contributed by atoms with Crippen LogP contribution in [-0.4, -0.2) is 27.3 Å². The molecule has 8 heteroatoms. The van der Waals surface area contributed by atoms with Crippen molar-refractivity contribution in [2.45, 2.75) is 11.3 Å². The van der Waals surface area contributed by atoms with Crippen LogP contribution in [0.15, 0.2) is 70.2 Å². The number of benzene rings is 2. The molecule has 1 saturated heterocycles. The minimum atomic E-state index is -3.79. The van der Waals surface area contributed by atoms with Gasteiger partial charge in [-0.05, 0) is 42.8 Å². The van der Waals surface area contributed by atoms with Crippen molar-refractivity contribution in [1.82, 2.24) is 10.6 Å². The highest BCUT2D eigenvalue weighted by Crippen LogP contribution is 2.33. The molecule has 0 saturated carbocycles. The van der Waals surface area contributed by atoms with Crippen LogP contribution >= 0.6 is 10.8 Å². The number of hydrogen-bond donors (Lipinski definition) is 2. The Hall–Kier alpha value is -2.32. The van der Waals surface area contributed by atoms with E-state index in [2.05, 4.69) is 10.6 Å². The molecule has 26 heavy (non-hydrogen) atoms. The lowest BCUT2D eigenvalue weighted by Gasteiger charge is -2.22. The zero-order chi connectivity index (χ0) is 18.6. The first-order valence-corrected chi connectivity index (χ1v) is 10.8. The molecule has 0 atom stereocenters. The molecular formula is C18H17FN2O3S2. The van der Waals surface area contributed by atoms with E-state index in [9.17, 15) is 17.6 Å². The second-order valence-corrected chi connectivity index (χ2v) is 9.37. The smallest absolute Gasteiger partial charge is 0.234 e. The van der Waals surface area contributed by atoms with Gasteiger partial charge in [0.05, 0.1) is 4.90 Å². The van der Waals surface area contributed by atoms with Crippen molar-refractivity contribution in [2.75, 3.05) is 13.1 Å². The lowest BCUT2D eigenvalue weighted by Crippen LogP contribution is -2.37. The van der Waals surface area contributed by atoms with Crippen LogP contribution in [0.1, 0.15) is 16.8 Å². The van der Waals surface area contributed by atoms with E-state index >= 15 is 0 Å². The number of allylic oxidation sites excluding steroid dienone is 1. The van der Waals surface area contributed by atoms with Gasteiger partial charge in [-0.25, -0.2) is 12.8 Å². The molecule has 0 aromatic heterocycles. The fourth-order valence-corrected chi connectivity index (χ4v) is 5.39. The Morgan fingerprint density at radius 1 is 0.962 bits per heavy atom. The van der Waals surface area contributed by atoms with Crippen LogP contribution in [0.5, 0.6) is 0 Å². The molecule has 2 aromatic rings. The molecule has 0 aliphatic carbocycles. The standard InChI is InChI=1S/C18H17FN2O3S2/c19-14-9-7-13(8-10-14)16(22)17(18-20-11-4-12-21-18)25-26(23,24)15-5-2-1-3-6-15/h1-3,5-10,20-21H,4,11-12H2. The molecule has 1 heterocycles. The fraction of sp³-hybridized carbons (Fsp3) is 0.167. The monoisotopic (exact) mass is 392 g/mol. The van der Waals surface area contributed by atoms with Gasteiger partial charge in [0, 0.05) is 29.4 Å². The van der Waals surface area contributed by atoms with Crippen LogP contribution in [0.3, 0.4) is 0 Å². The predicted octanol–water partition coefficient (Wildman–Crippen LogP) is 2.88. The van der Waals surface area contributed by atoms with Crippen molar-refractivity contribution >= 4 is 25.4 Å². The maximum Gasteiger partial charge on any atom is 0.234 e. The van der Waals surface area contributed by atoms with Crippen molar-refractivity contribution < 1.29 is 17.6 Å². The largest absolute Gasteiger partial charge is 0.371 e. The third kappa shape index (κ3) is 4.25. The molecule has 2 N–H and O–H groups in total. The maximum atomic E-state index is 13.1. The topological polar surface area (TPSA) is 75.3 Å². The van der Waals surface area contributed by atoms with E-state index < -0.39 is 20.5 Å². The summed E-state index contributed by atoms with van der Waals surface area (Å²) in [6.45, 7) is 1.27. The number of nitrogens with one attached hydrogen (secondary N) is 2. The van der Waals surface area contributed by atoms with Crippen LogP contribution in [0.2, 0.25) is 0 Å². The van der Waals surface area contributed by atoms with Gasteiger partial charge in [0.15, 0.2) is 0 Å². The number of hydrogen-bond acceptors (Lipinski definition) is 6. The van der Waals surface area contributed by atoms with Crippen molar-refractivity contribution in [3.05, 3.63) is 76.7 Å². The summed E-state index contributed by atoms with van der Waals surface area (Å²) in [6.07, 6.45) is 0.859. The predicted molar refractivity (Wildman–Crippen MR) is 99.6 cm³/mol. The van der Waals surface area contributed by atoms with Crippen LogP contribution in [0.25, 0.3) is 0 Å². The average Bonchev–Trinajstić information content (AvgIpc) is 2.68. The summed E-state index contributed by atoms with van der Waals surface area (Å²) in [5, 5.41) is 6.09. The van der Waals surface area contributed by atoms with E-state index in [0.717, 1.165) is 6.42 Å². The van der Waals surface area contributed by atoms with E-state index in [1.54, 1.807) is 18.2 Å². The van der Waals surface area contributed by atoms with Gasteiger partial charge < -0.3 is 10.6 Å². The first-order chi connectivity index (χ1) is 12.5. The van der Waals surface area contributed by atoms with E-state index in [-0.39, 0.29) is 15.4 Å². The molecule has 1 aliphatic rings. The third-order valence-corrected chi connectivity index (χ3v) is 7.08. The number of Topliss-reactive ketones (excluding diaryl/α,β-unsaturated/α-hetero) is 1. The van der Waals surface area contributed by atoms with Crippen molar-refractivity contribution in [2.24, 2.45) is 0 Å². The quantitative estimate of drug-likeness (QED) is 0.463.